The van der Waals surface area contributed by atoms with Crippen molar-refractivity contribution in [1.82, 2.24) is 19.5 Å². The molecule has 1 amide bonds. The van der Waals surface area contributed by atoms with E-state index in [4.69, 9.17) is 16.6 Å². The van der Waals surface area contributed by atoms with E-state index in [9.17, 15) is 4.79 Å². The summed E-state index contributed by atoms with van der Waals surface area (Å²) >= 11 is 6.16. The van der Waals surface area contributed by atoms with E-state index in [2.05, 4.69) is 21.8 Å². The number of likely N-dealkylation sites (N-methyl/N-ethyl adjacent to an activating group) is 1. The summed E-state index contributed by atoms with van der Waals surface area (Å²) in [7, 11) is 1.81. The van der Waals surface area contributed by atoms with Gasteiger partial charge in [0.25, 0.3) is 5.91 Å². The molecule has 0 spiro atoms. The van der Waals surface area contributed by atoms with Crippen molar-refractivity contribution in [2.45, 2.75) is 31.7 Å². The zero-order chi connectivity index (χ0) is 20.2. The largest absolute Gasteiger partial charge is 0.340 e. The van der Waals surface area contributed by atoms with Gasteiger partial charge in [0.2, 0.25) is 5.95 Å². The standard InChI is InChI=1S/C21H21ClN6O/c1-3-21-8-5-10-28(21)18-16(26(2)19(21)29)13-24-20(25-18)27-11-9-23-17(27)14-6-4-7-15(22)12-14/h4,6-7,9,11-13H,3,5,8,10H2,1-2H3/t21-/m0/s1. The number of aromatic nitrogens is 4. The Labute approximate surface area is 174 Å². The van der Waals surface area contributed by atoms with Crippen molar-refractivity contribution >= 4 is 29.0 Å². The molecule has 8 heteroatoms. The normalized spacial score (nSPS) is 20.7. The van der Waals surface area contributed by atoms with Gasteiger partial charge in [-0.3, -0.25) is 9.36 Å². The molecule has 4 heterocycles. The van der Waals surface area contributed by atoms with Crippen LogP contribution < -0.4 is 9.80 Å². The van der Waals surface area contributed by atoms with Gasteiger partial charge in [-0.25, -0.2) is 9.97 Å². The first-order valence-corrected chi connectivity index (χ1v) is 10.2. The second-order valence-corrected chi connectivity index (χ2v) is 7.95. The first-order chi connectivity index (χ1) is 14.0. The molecule has 2 aliphatic rings. The topological polar surface area (TPSA) is 67.2 Å². The molecular weight excluding hydrogens is 388 g/mol. The number of amides is 1. The van der Waals surface area contributed by atoms with Crippen molar-refractivity contribution in [3.05, 3.63) is 47.9 Å². The minimum absolute atomic E-state index is 0.128. The number of hydrogen-bond acceptors (Lipinski definition) is 5. The van der Waals surface area contributed by atoms with Gasteiger partial charge < -0.3 is 9.80 Å². The van der Waals surface area contributed by atoms with Crippen molar-refractivity contribution in [3.8, 4) is 17.3 Å². The van der Waals surface area contributed by atoms with Crippen LogP contribution in [0.2, 0.25) is 5.02 Å². The van der Waals surface area contributed by atoms with Gasteiger partial charge in [-0.2, -0.15) is 4.98 Å². The summed E-state index contributed by atoms with van der Waals surface area (Å²) in [5, 5.41) is 0.647. The summed E-state index contributed by atoms with van der Waals surface area (Å²) < 4.78 is 1.85. The number of carbonyl (C=O) groups excluding carboxylic acids is 1. The molecule has 148 valence electrons. The number of fused-ring (bicyclic) bond motifs is 3. The van der Waals surface area contributed by atoms with E-state index in [1.807, 2.05) is 42.1 Å². The molecule has 7 nitrogen and oxygen atoms in total. The van der Waals surface area contributed by atoms with Gasteiger partial charge in [0, 0.05) is 36.6 Å². The third-order valence-electron chi connectivity index (χ3n) is 6.07. The molecule has 0 bridgehead atoms. The molecule has 1 aromatic carbocycles. The van der Waals surface area contributed by atoms with Crippen molar-refractivity contribution < 1.29 is 4.79 Å². The second kappa shape index (κ2) is 6.56. The molecule has 0 unspecified atom stereocenters. The Morgan fingerprint density at radius 2 is 2.14 bits per heavy atom. The van der Waals surface area contributed by atoms with Gasteiger partial charge in [0.05, 0.1) is 6.20 Å². The number of nitrogens with zero attached hydrogens (tertiary/aromatic N) is 6. The summed E-state index contributed by atoms with van der Waals surface area (Å²) in [6.07, 6.45) is 7.88. The van der Waals surface area contributed by atoms with Gasteiger partial charge in [0.15, 0.2) is 5.82 Å². The van der Waals surface area contributed by atoms with Gasteiger partial charge in [-0.05, 0) is 31.4 Å². The second-order valence-electron chi connectivity index (χ2n) is 7.51. The minimum atomic E-state index is -0.502. The average molecular weight is 409 g/mol. The number of rotatable bonds is 3. The van der Waals surface area contributed by atoms with Crippen LogP contribution in [0.25, 0.3) is 17.3 Å². The molecule has 1 atom stereocenters. The van der Waals surface area contributed by atoms with Crippen LogP contribution >= 0.6 is 11.6 Å². The fraction of sp³-hybridized carbons (Fsp3) is 0.333. The van der Waals surface area contributed by atoms with Crippen molar-refractivity contribution in [1.29, 1.82) is 0 Å². The molecule has 0 radical (unpaired) electrons. The van der Waals surface area contributed by atoms with Crippen LogP contribution in [0.4, 0.5) is 11.5 Å². The molecule has 2 aliphatic heterocycles. The van der Waals surface area contributed by atoms with Crippen molar-refractivity contribution in [3.63, 3.8) is 0 Å². The Balaban J connectivity index is 1.64. The van der Waals surface area contributed by atoms with E-state index < -0.39 is 5.54 Å². The van der Waals surface area contributed by atoms with Gasteiger partial charge >= 0.3 is 0 Å². The average Bonchev–Trinajstić information content (AvgIpc) is 3.39. The molecule has 1 saturated heterocycles. The van der Waals surface area contributed by atoms with Crippen LogP contribution in [0.1, 0.15) is 26.2 Å². The predicted octanol–water partition coefficient (Wildman–Crippen LogP) is 3.71. The molecule has 2 aromatic heterocycles. The number of benzene rings is 1. The monoisotopic (exact) mass is 408 g/mol. The van der Waals surface area contributed by atoms with Gasteiger partial charge in [-0.1, -0.05) is 30.7 Å². The fourth-order valence-electron chi connectivity index (χ4n) is 4.56. The van der Waals surface area contributed by atoms with E-state index >= 15 is 0 Å². The molecular formula is C21H21ClN6O. The molecule has 1 fully saturated rings. The number of anilines is 2. The van der Waals surface area contributed by atoms with Gasteiger partial charge in [0.1, 0.15) is 17.1 Å². The third-order valence-corrected chi connectivity index (χ3v) is 6.30. The van der Waals surface area contributed by atoms with Crippen LogP contribution in [0.15, 0.2) is 42.9 Å². The number of carbonyl (C=O) groups is 1. The van der Waals surface area contributed by atoms with Crippen molar-refractivity contribution in [2.75, 3.05) is 23.4 Å². The Kier molecular flexibility index (Phi) is 4.10. The zero-order valence-corrected chi connectivity index (χ0v) is 17.1. The maximum Gasteiger partial charge on any atom is 0.252 e. The minimum Gasteiger partial charge on any atom is -0.340 e. The Morgan fingerprint density at radius 1 is 1.28 bits per heavy atom. The molecule has 29 heavy (non-hydrogen) atoms. The van der Waals surface area contributed by atoms with Crippen LogP contribution in [0.5, 0.6) is 0 Å². The highest BCUT2D eigenvalue weighted by molar-refractivity contribution is 6.30. The third kappa shape index (κ3) is 2.57. The van der Waals surface area contributed by atoms with Crippen LogP contribution in [0.3, 0.4) is 0 Å². The van der Waals surface area contributed by atoms with E-state index in [0.717, 1.165) is 48.7 Å². The summed E-state index contributed by atoms with van der Waals surface area (Å²) in [4.78, 5) is 30.9. The predicted molar refractivity (Wildman–Crippen MR) is 113 cm³/mol. The quantitative estimate of drug-likeness (QED) is 0.660. The van der Waals surface area contributed by atoms with Crippen LogP contribution in [0, 0.1) is 0 Å². The first kappa shape index (κ1) is 18.1. The Bertz CT molecular complexity index is 1110. The lowest BCUT2D eigenvalue weighted by Gasteiger charge is -2.45. The summed E-state index contributed by atoms with van der Waals surface area (Å²) in [6.45, 7) is 2.90. The van der Waals surface area contributed by atoms with E-state index in [0.29, 0.717) is 11.0 Å². The summed E-state index contributed by atoms with van der Waals surface area (Å²) in [6, 6.07) is 7.55. The van der Waals surface area contributed by atoms with E-state index in [-0.39, 0.29) is 5.91 Å². The molecule has 0 N–H and O–H groups in total. The SMILES string of the molecule is CC[C@@]12CCCN1c1nc(-n3ccnc3-c3cccc(Cl)c3)ncc1N(C)C2=O. The number of imidazole rings is 1. The van der Waals surface area contributed by atoms with Crippen molar-refractivity contribution in [2.24, 2.45) is 0 Å². The summed E-state index contributed by atoms with van der Waals surface area (Å²) in [5.41, 5.74) is 1.13. The van der Waals surface area contributed by atoms with E-state index in [1.165, 1.54) is 0 Å². The smallest absolute Gasteiger partial charge is 0.252 e. The van der Waals surface area contributed by atoms with Crippen LogP contribution in [-0.2, 0) is 4.79 Å². The maximum atomic E-state index is 13.1. The lowest BCUT2D eigenvalue weighted by molar-refractivity contribution is -0.123. The highest BCUT2D eigenvalue weighted by Crippen LogP contribution is 2.45. The highest BCUT2D eigenvalue weighted by Gasteiger charge is 2.52. The van der Waals surface area contributed by atoms with Gasteiger partial charge in [-0.15, -0.1) is 0 Å². The fourth-order valence-corrected chi connectivity index (χ4v) is 4.76. The molecule has 0 aliphatic carbocycles. The van der Waals surface area contributed by atoms with E-state index in [1.54, 1.807) is 17.3 Å². The van der Waals surface area contributed by atoms with Crippen LogP contribution in [-0.4, -0.2) is 44.6 Å². The Morgan fingerprint density at radius 3 is 2.93 bits per heavy atom. The summed E-state index contributed by atoms with van der Waals surface area (Å²) in [5.74, 6) is 2.18. The molecule has 5 rings (SSSR count). The highest BCUT2D eigenvalue weighted by atomic mass is 35.5. The lowest BCUT2D eigenvalue weighted by Crippen LogP contribution is -2.59. The molecule has 3 aromatic rings. The molecule has 0 saturated carbocycles. The zero-order valence-electron chi connectivity index (χ0n) is 16.3. The number of halogens is 1. The first-order valence-electron chi connectivity index (χ1n) is 9.77. The lowest BCUT2D eigenvalue weighted by atomic mass is 9.89. The maximum absolute atomic E-state index is 13.1. The number of hydrogen-bond donors (Lipinski definition) is 0. The Hall–Kier alpha value is -2.93.